The van der Waals surface area contributed by atoms with Crippen LogP contribution >= 0.6 is 44.3 Å². The van der Waals surface area contributed by atoms with E-state index in [1.165, 1.54) is 7.11 Å². The molecule has 1 unspecified atom stereocenters. The van der Waals surface area contributed by atoms with E-state index in [0.717, 1.165) is 25.9 Å². The molecule has 0 spiro atoms. The Balaban J connectivity index is 0.00000264. The maximum absolute atomic E-state index is 12.5. The Labute approximate surface area is 159 Å². The topological polar surface area (TPSA) is 61.8 Å². The first-order valence-electron chi connectivity index (χ1n) is 7.26. The van der Waals surface area contributed by atoms with Crippen LogP contribution in [0, 0.1) is 0 Å². The first-order chi connectivity index (χ1) is 10.5. The number of likely N-dealkylation sites (N-methyl/N-ethyl adjacent to an activating group) is 1. The minimum absolute atomic E-state index is 0. The Hall–Kier alpha value is -0.500. The monoisotopic (exact) mass is 470 g/mol. The predicted molar refractivity (Wildman–Crippen MR) is 99.9 cm³/mol. The molecule has 0 aliphatic carbocycles. The number of carbonyl (C=O) groups is 1. The van der Waals surface area contributed by atoms with Crippen LogP contribution in [0.2, 0.25) is 0 Å². The van der Waals surface area contributed by atoms with Gasteiger partial charge in [0.2, 0.25) is 0 Å². The number of hydrogen-bond acceptors (Lipinski definition) is 4. The average molecular weight is 473 g/mol. The number of carbonyl (C=O) groups excluding carboxylic acids is 1. The molecule has 1 fully saturated rings. The van der Waals surface area contributed by atoms with Gasteiger partial charge in [-0.3, -0.25) is 9.69 Å². The highest BCUT2D eigenvalue weighted by Gasteiger charge is 2.26. The van der Waals surface area contributed by atoms with Gasteiger partial charge in [-0.1, -0.05) is 6.92 Å². The van der Waals surface area contributed by atoms with Crippen molar-refractivity contribution in [2.24, 2.45) is 0 Å². The molecule has 2 rings (SSSR count). The molecule has 1 aromatic carbocycles. The van der Waals surface area contributed by atoms with Gasteiger partial charge in [0, 0.05) is 12.6 Å². The summed E-state index contributed by atoms with van der Waals surface area (Å²) >= 11 is 6.59. The van der Waals surface area contributed by atoms with Crippen LogP contribution in [0.1, 0.15) is 30.1 Å². The number of methoxy groups -OCH3 is 1. The molecule has 1 aliphatic rings. The lowest BCUT2D eigenvalue weighted by Crippen LogP contribution is -2.40. The lowest BCUT2D eigenvalue weighted by Gasteiger charge is -2.23. The van der Waals surface area contributed by atoms with E-state index < -0.39 is 0 Å². The van der Waals surface area contributed by atoms with Crippen LogP contribution in [-0.4, -0.2) is 48.7 Å². The van der Waals surface area contributed by atoms with Gasteiger partial charge in [0.1, 0.15) is 17.1 Å². The molecule has 0 saturated carbocycles. The van der Waals surface area contributed by atoms with E-state index >= 15 is 0 Å². The zero-order valence-corrected chi connectivity index (χ0v) is 17.1. The summed E-state index contributed by atoms with van der Waals surface area (Å²) in [4.78, 5) is 14.8. The van der Waals surface area contributed by atoms with E-state index in [1.807, 2.05) is 0 Å². The Kier molecular flexibility index (Phi) is 8.13. The molecule has 130 valence electrons. The molecule has 5 nitrogen and oxygen atoms in total. The van der Waals surface area contributed by atoms with Crippen LogP contribution in [0.15, 0.2) is 15.0 Å². The molecule has 0 aromatic heterocycles. The molecule has 1 heterocycles. The predicted octanol–water partition coefficient (Wildman–Crippen LogP) is 3.56. The summed E-state index contributed by atoms with van der Waals surface area (Å²) in [5, 5.41) is 13.1. The lowest BCUT2D eigenvalue weighted by atomic mass is 10.1. The van der Waals surface area contributed by atoms with Crippen molar-refractivity contribution in [3.63, 3.8) is 0 Å². The Bertz CT molecular complexity index is 572. The molecule has 0 radical (unpaired) electrons. The summed E-state index contributed by atoms with van der Waals surface area (Å²) in [5.41, 5.74) is 0.143. The summed E-state index contributed by atoms with van der Waals surface area (Å²) in [6, 6.07) is 2.01. The van der Waals surface area contributed by atoms with Crippen molar-refractivity contribution >= 4 is 50.2 Å². The number of nitrogens with zero attached hydrogens (tertiary/aromatic N) is 1. The van der Waals surface area contributed by atoms with Crippen molar-refractivity contribution in [2.45, 2.75) is 25.8 Å². The zero-order chi connectivity index (χ0) is 16.3. The number of halogens is 3. The van der Waals surface area contributed by atoms with Gasteiger partial charge in [0.15, 0.2) is 0 Å². The van der Waals surface area contributed by atoms with Crippen LogP contribution in [0.5, 0.6) is 11.5 Å². The number of phenolic OH excluding ortho intramolecular Hbond substituents is 1. The van der Waals surface area contributed by atoms with Crippen LogP contribution < -0.4 is 10.1 Å². The number of aromatic hydroxyl groups is 1. The molecule has 1 saturated heterocycles. The van der Waals surface area contributed by atoms with Gasteiger partial charge in [0.25, 0.3) is 5.91 Å². The smallest absolute Gasteiger partial charge is 0.258 e. The number of ether oxygens (including phenoxy) is 1. The highest BCUT2D eigenvalue weighted by molar-refractivity contribution is 9.11. The Morgan fingerprint density at radius 2 is 2.17 bits per heavy atom. The van der Waals surface area contributed by atoms with Crippen molar-refractivity contribution < 1.29 is 14.6 Å². The molecular formula is C15H21Br2ClN2O3. The molecule has 8 heteroatoms. The van der Waals surface area contributed by atoms with E-state index in [2.05, 4.69) is 49.0 Å². The number of phenols is 1. The molecule has 1 aliphatic heterocycles. The number of likely N-dealkylation sites (tertiary alicyclic amines) is 1. The molecular weight excluding hydrogens is 451 g/mol. The molecule has 0 bridgehead atoms. The number of benzene rings is 1. The van der Waals surface area contributed by atoms with E-state index in [0.29, 0.717) is 27.3 Å². The van der Waals surface area contributed by atoms with Crippen molar-refractivity contribution in [1.82, 2.24) is 10.2 Å². The normalized spacial score (nSPS) is 17.7. The van der Waals surface area contributed by atoms with Crippen molar-refractivity contribution in [3.05, 3.63) is 20.6 Å². The van der Waals surface area contributed by atoms with Crippen LogP contribution in [-0.2, 0) is 0 Å². The molecule has 1 atom stereocenters. The summed E-state index contributed by atoms with van der Waals surface area (Å²) in [5.74, 6) is -0.118. The van der Waals surface area contributed by atoms with Crippen molar-refractivity contribution in [1.29, 1.82) is 0 Å². The van der Waals surface area contributed by atoms with E-state index in [4.69, 9.17) is 4.74 Å². The standard InChI is InChI=1S/C15H20Br2N2O3.ClH/c1-3-19-6-4-5-9(19)8-18-15(21)12-13(20)10(16)7-11(17)14(12)22-2;/h7,9,20H,3-6,8H2,1-2H3,(H,18,21);1H. The van der Waals surface area contributed by atoms with Crippen molar-refractivity contribution in [3.8, 4) is 11.5 Å². The Morgan fingerprint density at radius 3 is 2.78 bits per heavy atom. The molecule has 1 amide bonds. The van der Waals surface area contributed by atoms with Gasteiger partial charge in [-0.15, -0.1) is 12.4 Å². The van der Waals surface area contributed by atoms with Gasteiger partial charge < -0.3 is 15.2 Å². The van der Waals surface area contributed by atoms with E-state index in [9.17, 15) is 9.90 Å². The van der Waals surface area contributed by atoms with E-state index in [-0.39, 0.29) is 29.6 Å². The number of rotatable bonds is 5. The maximum Gasteiger partial charge on any atom is 0.258 e. The minimum atomic E-state index is -0.334. The quantitative estimate of drug-likeness (QED) is 0.688. The third-order valence-corrected chi connectivity index (χ3v) is 5.19. The number of amides is 1. The van der Waals surface area contributed by atoms with E-state index in [1.54, 1.807) is 6.07 Å². The average Bonchev–Trinajstić information content (AvgIpc) is 2.95. The lowest BCUT2D eigenvalue weighted by molar-refractivity contribution is 0.0935. The highest BCUT2D eigenvalue weighted by atomic mass is 79.9. The van der Waals surface area contributed by atoms with Gasteiger partial charge in [-0.05, 0) is 63.9 Å². The SMILES string of the molecule is CCN1CCCC1CNC(=O)c1c(O)c(Br)cc(Br)c1OC.Cl. The molecule has 2 N–H and O–H groups in total. The second-order valence-corrected chi connectivity index (χ2v) is 6.94. The first kappa shape index (κ1) is 20.5. The van der Waals surface area contributed by atoms with Crippen molar-refractivity contribution in [2.75, 3.05) is 26.7 Å². The minimum Gasteiger partial charge on any atom is -0.506 e. The number of hydrogen-bond donors (Lipinski definition) is 2. The highest BCUT2D eigenvalue weighted by Crippen LogP contribution is 2.40. The third kappa shape index (κ3) is 4.53. The van der Waals surface area contributed by atoms with Crippen LogP contribution in [0.25, 0.3) is 0 Å². The zero-order valence-electron chi connectivity index (χ0n) is 13.1. The largest absolute Gasteiger partial charge is 0.506 e. The summed E-state index contributed by atoms with van der Waals surface area (Å²) < 4.78 is 6.31. The van der Waals surface area contributed by atoms with Gasteiger partial charge in [-0.25, -0.2) is 0 Å². The van der Waals surface area contributed by atoms with Crippen LogP contribution in [0.4, 0.5) is 0 Å². The van der Waals surface area contributed by atoms with Gasteiger partial charge >= 0.3 is 0 Å². The second kappa shape index (κ2) is 9.11. The third-order valence-electron chi connectivity index (χ3n) is 4.00. The van der Waals surface area contributed by atoms with Gasteiger partial charge in [-0.2, -0.15) is 0 Å². The van der Waals surface area contributed by atoms with Gasteiger partial charge in [0.05, 0.1) is 16.1 Å². The summed E-state index contributed by atoms with van der Waals surface area (Å²) in [6.45, 7) is 4.76. The summed E-state index contributed by atoms with van der Waals surface area (Å²) in [7, 11) is 1.47. The summed E-state index contributed by atoms with van der Waals surface area (Å²) in [6.07, 6.45) is 2.24. The fourth-order valence-electron chi connectivity index (χ4n) is 2.84. The fraction of sp³-hybridized carbons (Fsp3) is 0.533. The second-order valence-electron chi connectivity index (χ2n) is 5.23. The first-order valence-corrected chi connectivity index (χ1v) is 8.85. The molecule has 1 aromatic rings. The van der Waals surface area contributed by atoms with Crippen LogP contribution in [0.3, 0.4) is 0 Å². The maximum atomic E-state index is 12.5. The Morgan fingerprint density at radius 1 is 1.48 bits per heavy atom. The number of nitrogens with one attached hydrogen (secondary N) is 1. The fourth-order valence-corrected chi connectivity index (χ4v) is 4.17. The molecule has 23 heavy (non-hydrogen) atoms.